The van der Waals surface area contributed by atoms with Crippen LogP contribution in [0.3, 0.4) is 0 Å². The Morgan fingerprint density at radius 1 is 1.38 bits per heavy atom. The van der Waals surface area contributed by atoms with Crippen LogP contribution in [-0.2, 0) is 16.4 Å². The van der Waals surface area contributed by atoms with Gasteiger partial charge in [-0.3, -0.25) is 0 Å². The molecule has 0 aliphatic rings. The molecule has 1 aromatic carbocycles. The molecule has 13 heavy (non-hydrogen) atoms. The summed E-state index contributed by atoms with van der Waals surface area (Å²) in [4.78, 5) is 0.0647. The molecule has 69 valence electrons. The van der Waals surface area contributed by atoms with Gasteiger partial charge in [-0.2, -0.15) is 0 Å². The second kappa shape index (κ2) is 3.72. The van der Waals surface area contributed by atoms with Crippen LogP contribution >= 0.6 is 0 Å². The fraction of sp³-hybridized carbons (Fsp3) is 0.111. The van der Waals surface area contributed by atoms with E-state index in [1.54, 1.807) is 24.3 Å². The van der Waals surface area contributed by atoms with Gasteiger partial charge in [-0.05, 0) is 18.1 Å². The van der Waals surface area contributed by atoms with Gasteiger partial charge >= 0.3 is 0 Å². The number of sulfonamides is 1. The van der Waals surface area contributed by atoms with Crippen LogP contribution in [0.4, 0.5) is 0 Å². The highest BCUT2D eigenvalue weighted by Crippen LogP contribution is 2.14. The van der Waals surface area contributed by atoms with Crippen LogP contribution in [0.2, 0.25) is 0 Å². The van der Waals surface area contributed by atoms with Crippen molar-refractivity contribution in [3.8, 4) is 0 Å². The van der Waals surface area contributed by atoms with Crippen LogP contribution in [0.15, 0.2) is 41.8 Å². The van der Waals surface area contributed by atoms with Crippen molar-refractivity contribution >= 4 is 10.0 Å². The maximum absolute atomic E-state index is 11.0. The Morgan fingerprint density at radius 3 is 2.54 bits per heavy atom. The fourth-order valence-electron chi connectivity index (χ4n) is 1.09. The van der Waals surface area contributed by atoms with Gasteiger partial charge in [-0.25, -0.2) is 8.42 Å². The van der Waals surface area contributed by atoms with Gasteiger partial charge in [-0.15, -0.1) is 11.7 Å². The van der Waals surface area contributed by atoms with E-state index in [1.807, 2.05) is 0 Å². The summed E-state index contributed by atoms with van der Waals surface area (Å²) < 4.78 is 21.9. The van der Waals surface area contributed by atoms with Crippen molar-refractivity contribution in [2.45, 2.75) is 11.3 Å². The Labute approximate surface area is 77.9 Å². The molecule has 1 N–H and O–H groups in total. The van der Waals surface area contributed by atoms with E-state index in [9.17, 15) is 8.42 Å². The van der Waals surface area contributed by atoms with E-state index in [1.165, 1.54) is 6.07 Å². The lowest BCUT2D eigenvalue weighted by atomic mass is 10.1. The highest BCUT2D eigenvalue weighted by atomic mass is 32.2. The van der Waals surface area contributed by atoms with Gasteiger partial charge in [0.05, 0.1) is 4.90 Å². The molecule has 1 aromatic rings. The number of rotatable bonds is 3. The van der Waals surface area contributed by atoms with E-state index < -0.39 is 10.0 Å². The van der Waals surface area contributed by atoms with Crippen LogP contribution in [0.25, 0.3) is 0 Å². The smallest absolute Gasteiger partial charge is 0.206 e. The lowest BCUT2D eigenvalue weighted by Crippen LogP contribution is -2.04. The van der Waals surface area contributed by atoms with E-state index >= 15 is 0 Å². The first kappa shape index (κ1) is 9.95. The first-order chi connectivity index (χ1) is 6.05. The largest absolute Gasteiger partial charge is 0.254 e. The van der Waals surface area contributed by atoms with Crippen molar-refractivity contribution in [1.29, 1.82) is 0 Å². The highest BCUT2D eigenvalue weighted by Gasteiger charge is 2.12. The summed E-state index contributed by atoms with van der Waals surface area (Å²) >= 11 is 0. The molecule has 0 aliphatic carbocycles. The second-order valence-corrected chi connectivity index (χ2v) is 4.05. The zero-order chi connectivity index (χ0) is 9.90. The minimum atomic E-state index is -3.85. The molecular weight excluding hydrogens is 186 g/mol. The first-order valence-corrected chi connectivity index (χ1v) is 5.22. The molecule has 0 atom stereocenters. The van der Waals surface area contributed by atoms with Crippen molar-refractivity contribution in [1.82, 2.24) is 5.14 Å². The summed E-state index contributed by atoms with van der Waals surface area (Å²) in [5, 5.41) is 6.93. The monoisotopic (exact) mass is 196 g/mol. The molecule has 1 rings (SSSR count). The zero-order valence-electron chi connectivity index (χ0n) is 7.03. The highest BCUT2D eigenvalue weighted by molar-refractivity contribution is 7.88. The van der Waals surface area contributed by atoms with Gasteiger partial charge in [-0.1, -0.05) is 24.3 Å². The number of nitrogens with one attached hydrogen (secondary N) is 1. The molecular formula is C9H10NO2S. The molecule has 1 radical (unpaired) electrons. The van der Waals surface area contributed by atoms with Crippen molar-refractivity contribution in [3.05, 3.63) is 42.5 Å². The Morgan fingerprint density at radius 2 is 2.00 bits per heavy atom. The minimum absolute atomic E-state index is 0.0647. The lowest BCUT2D eigenvalue weighted by molar-refractivity contribution is 0.595. The average molecular weight is 196 g/mol. The quantitative estimate of drug-likeness (QED) is 0.686. The van der Waals surface area contributed by atoms with Crippen molar-refractivity contribution in [2.75, 3.05) is 0 Å². The number of hydrogen-bond acceptors (Lipinski definition) is 2. The summed E-state index contributed by atoms with van der Waals surface area (Å²) in [6.07, 6.45) is 2.08. The Hall–Kier alpha value is -1.13. The lowest BCUT2D eigenvalue weighted by Gasteiger charge is -2.03. The molecule has 4 heteroatoms. The van der Waals surface area contributed by atoms with Gasteiger partial charge in [0.1, 0.15) is 0 Å². The summed E-state index contributed by atoms with van der Waals surface area (Å²) in [6, 6.07) is 6.46. The van der Waals surface area contributed by atoms with Gasteiger partial charge in [0.15, 0.2) is 0 Å². The SMILES string of the molecule is C=CCc1ccccc1S([NH])(=O)=O. The topological polar surface area (TPSA) is 57.9 Å². The summed E-state index contributed by atoms with van der Waals surface area (Å²) in [5.74, 6) is 0. The fourth-order valence-corrected chi connectivity index (χ4v) is 1.84. The molecule has 0 saturated carbocycles. The molecule has 0 aromatic heterocycles. The van der Waals surface area contributed by atoms with E-state index in [-0.39, 0.29) is 4.90 Å². The van der Waals surface area contributed by atoms with Gasteiger partial charge in [0, 0.05) is 0 Å². The van der Waals surface area contributed by atoms with Crippen LogP contribution in [0, 0.1) is 0 Å². The Bertz CT molecular complexity index is 409. The van der Waals surface area contributed by atoms with Crippen molar-refractivity contribution in [2.24, 2.45) is 0 Å². The predicted molar refractivity (Wildman–Crippen MR) is 50.6 cm³/mol. The molecule has 0 spiro atoms. The van der Waals surface area contributed by atoms with Crippen LogP contribution in [0.5, 0.6) is 0 Å². The van der Waals surface area contributed by atoms with Gasteiger partial charge in [0.2, 0.25) is 0 Å². The standard InChI is InChI=1S/C9H10NO2S/c1-2-5-8-6-3-4-7-9(8)13(10,11)12/h2-4,6-7,10H,1,5H2. The zero-order valence-corrected chi connectivity index (χ0v) is 7.84. The summed E-state index contributed by atoms with van der Waals surface area (Å²) in [7, 11) is -3.85. The third kappa shape index (κ3) is 2.40. The normalized spacial score (nSPS) is 11.2. The number of benzene rings is 1. The van der Waals surface area contributed by atoms with Crippen LogP contribution in [-0.4, -0.2) is 8.42 Å². The van der Waals surface area contributed by atoms with Crippen molar-refractivity contribution < 1.29 is 8.42 Å². The van der Waals surface area contributed by atoms with E-state index in [0.717, 1.165) is 0 Å². The Balaban J connectivity index is 3.28. The van der Waals surface area contributed by atoms with E-state index in [4.69, 9.17) is 5.14 Å². The van der Waals surface area contributed by atoms with Crippen LogP contribution in [0.1, 0.15) is 5.56 Å². The minimum Gasteiger partial charge on any atom is -0.206 e. The van der Waals surface area contributed by atoms with Gasteiger partial charge in [0.25, 0.3) is 10.0 Å². The van der Waals surface area contributed by atoms with E-state index in [0.29, 0.717) is 12.0 Å². The molecule has 3 nitrogen and oxygen atoms in total. The molecule has 0 bridgehead atoms. The maximum Gasteiger partial charge on any atom is 0.254 e. The third-order valence-corrected chi connectivity index (χ3v) is 2.60. The molecule has 0 amide bonds. The molecule has 0 fully saturated rings. The second-order valence-electron chi connectivity index (χ2n) is 2.60. The summed E-state index contributed by atoms with van der Waals surface area (Å²) in [6.45, 7) is 3.52. The van der Waals surface area contributed by atoms with E-state index in [2.05, 4.69) is 6.58 Å². The number of hydrogen-bond donors (Lipinski definition) is 0. The Kier molecular flexibility index (Phi) is 2.85. The maximum atomic E-state index is 11.0. The molecule has 0 saturated heterocycles. The average Bonchev–Trinajstić information content (AvgIpc) is 2.04. The molecule has 0 unspecified atom stereocenters. The number of allylic oxidation sites excluding steroid dienone is 1. The third-order valence-electron chi connectivity index (χ3n) is 1.63. The van der Waals surface area contributed by atoms with Crippen molar-refractivity contribution in [3.63, 3.8) is 0 Å². The molecule has 0 aliphatic heterocycles. The van der Waals surface area contributed by atoms with Gasteiger partial charge < -0.3 is 0 Å². The first-order valence-electron chi connectivity index (χ1n) is 3.74. The molecule has 0 heterocycles. The summed E-state index contributed by atoms with van der Waals surface area (Å²) in [5.41, 5.74) is 0.618. The van der Waals surface area contributed by atoms with Crippen LogP contribution < -0.4 is 5.14 Å². The predicted octanol–water partition coefficient (Wildman–Crippen LogP) is 1.39.